The van der Waals surface area contributed by atoms with E-state index in [1.165, 1.54) is 24.3 Å². The van der Waals surface area contributed by atoms with Crippen LogP contribution < -0.4 is 4.74 Å². The first-order chi connectivity index (χ1) is 24.6. The molecule has 270 valence electrons. The first kappa shape index (κ1) is 36.2. The number of carbonyl (C=O) groups excluding carboxylic acids is 2. The van der Waals surface area contributed by atoms with Crippen LogP contribution in [0.15, 0.2) is 72.8 Å². The van der Waals surface area contributed by atoms with Crippen LogP contribution in [0.1, 0.15) is 39.8 Å². The summed E-state index contributed by atoms with van der Waals surface area (Å²) in [5.74, 6) is -10.8. The molecule has 0 radical (unpaired) electrons. The Morgan fingerprint density at radius 3 is 1.65 bits per heavy atom. The van der Waals surface area contributed by atoms with E-state index in [9.17, 15) is 65.1 Å². The summed E-state index contributed by atoms with van der Waals surface area (Å²) in [7, 11) is 0. The fourth-order valence-corrected chi connectivity index (χ4v) is 5.49. The lowest BCUT2D eigenvalue weighted by atomic mass is 9.87. The number of esters is 2. The van der Waals surface area contributed by atoms with E-state index in [4.69, 9.17) is 14.2 Å². The normalized spacial score (nSPS) is 16.0. The number of benzene rings is 4. The molecule has 4 aromatic rings. The third-order valence-corrected chi connectivity index (χ3v) is 8.04. The van der Waals surface area contributed by atoms with Crippen LogP contribution in [0.5, 0.6) is 46.0 Å². The Kier molecular flexibility index (Phi) is 10.3. The predicted molar refractivity (Wildman–Crippen MR) is 175 cm³/mol. The van der Waals surface area contributed by atoms with Crippen LogP contribution in [0.25, 0.3) is 6.08 Å². The van der Waals surface area contributed by atoms with Gasteiger partial charge in [0.2, 0.25) is 12.2 Å². The van der Waals surface area contributed by atoms with Crippen LogP contribution in [-0.2, 0) is 41.5 Å². The molecular formula is C36H30O16. The van der Waals surface area contributed by atoms with Gasteiger partial charge in [-0.25, -0.2) is 14.4 Å². The van der Waals surface area contributed by atoms with Crippen molar-refractivity contribution in [3.05, 3.63) is 101 Å². The number of hydrogen-bond acceptors (Lipinski definition) is 14. The number of ether oxygens (including phenoxy) is 3. The van der Waals surface area contributed by atoms with Gasteiger partial charge in [-0.1, -0.05) is 24.3 Å². The Morgan fingerprint density at radius 1 is 0.635 bits per heavy atom. The minimum absolute atomic E-state index is 0.0443. The molecule has 0 aliphatic carbocycles. The van der Waals surface area contributed by atoms with Crippen molar-refractivity contribution in [1.29, 1.82) is 0 Å². The SMILES string of the molecule is O=C(/C=C/c1ccc(O)c2c1[C@H](C(=O)O[C@H](Cc1ccc(O)c(O)c1)C(=O)O)[C@@H](c1ccc(O)c(O)c1)O2)O[C@@H](Cc1ccc(O)c(O)c1)C(=O)O. The Bertz CT molecular complexity index is 2090. The topological polar surface area (TPSA) is 278 Å². The maximum atomic E-state index is 13.9. The van der Waals surface area contributed by atoms with Gasteiger partial charge in [-0.05, 0) is 70.8 Å². The van der Waals surface area contributed by atoms with Crippen LogP contribution in [0, 0.1) is 0 Å². The Labute approximate surface area is 292 Å². The van der Waals surface area contributed by atoms with E-state index in [0.717, 1.165) is 54.6 Å². The number of carbonyl (C=O) groups is 4. The fraction of sp³-hybridized carbons (Fsp3) is 0.167. The number of fused-ring (bicyclic) bond motifs is 1. The number of hydrogen-bond donors (Lipinski definition) is 9. The van der Waals surface area contributed by atoms with E-state index in [2.05, 4.69) is 0 Å². The van der Waals surface area contributed by atoms with Gasteiger partial charge in [0.15, 0.2) is 46.0 Å². The molecule has 1 heterocycles. The van der Waals surface area contributed by atoms with Gasteiger partial charge in [0.1, 0.15) is 12.0 Å². The zero-order valence-electron chi connectivity index (χ0n) is 26.6. The van der Waals surface area contributed by atoms with Crippen molar-refractivity contribution < 1.29 is 79.3 Å². The first-order valence-electron chi connectivity index (χ1n) is 15.2. The van der Waals surface area contributed by atoms with Gasteiger partial charge in [0, 0.05) is 24.5 Å². The van der Waals surface area contributed by atoms with E-state index in [-0.39, 0.29) is 40.0 Å². The third-order valence-electron chi connectivity index (χ3n) is 8.04. The van der Waals surface area contributed by atoms with Gasteiger partial charge in [-0.2, -0.15) is 0 Å². The van der Waals surface area contributed by atoms with Crippen LogP contribution >= 0.6 is 0 Å². The lowest BCUT2D eigenvalue weighted by Crippen LogP contribution is -2.33. The molecule has 52 heavy (non-hydrogen) atoms. The van der Waals surface area contributed by atoms with Crippen molar-refractivity contribution in [2.75, 3.05) is 0 Å². The van der Waals surface area contributed by atoms with Crippen molar-refractivity contribution in [2.45, 2.75) is 37.1 Å². The number of carboxylic acids is 2. The van der Waals surface area contributed by atoms with Gasteiger partial charge in [0.05, 0.1) is 0 Å². The molecular weight excluding hydrogens is 688 g/mol. The van der Waals surface area contributed by atoms with Crippen molar-refractivity contribution in [1.82, 2.24) is 0 Å². The highest BCUT2D eigenvalue weighted by Gasteiger charge is 2.46. The summed E-state index contributed by atoms with van der Waals surface area (Å²) in [6.07, 6.45) is -3.85. The lowest BCUT2D eigenvalue weighted by Gasteiger charge is -2.22. The Hall–Kier alpha value is -7.10. The smallest absolute Gasteiger partial charge is 0.345 e. The molecule has 0 aromatic heterocycles. The zero-order chi connectivity index (χ0) is 37.9. The zero-order valence-corrected chi connectivity index (χ0v) is 26.6. The van der Waals surface area contributed by atoms with Crippen molar-refractivity contribution in [2.24, 2.45) is 0 Å². The monoisotopic (exact) mass is 718 g/mol. The van der Waals surface area contributed by atoms with Crippen molar-refractivity contribution >= 4 is 30.0 Å². The summed E-state index contributed by atoms with van der Waals surface area (Å²) in [5.41, 5.74) is 0.445. The first-order valence-corrected chi connectivity index (χ1v) is 15.2. The molecule has 1 aliphatic rings. The fourth-order valence-electron chi connectivity index (χ4n) is 5.49. The quantitative estimate of drug-likeness (QED) is 0.0577. The maximum absolute atomic E-state index is 13.9. The molecule has 9 N–H and O–H groups in total. The molecule has 0 fully saturated rings. The van der Waals surface area contributed by atoms with Crippen molar-refractivity contribution in [3.8, 4) is 46.0 Å². The number of aliphatic carboxylic acids is 2. The van der Waals surface area contributed by atoms with Crippen LogP contribution in [0.3, 0.4) is 0 Å². The van der Waals surface area contributed by atoms with Crippen LogP contribution in [0.4, 0.5) is 0 Å². The maximum Gasteiger partial charge on any atom is 0.345 e. The highest BCUT2D eigenvalue weighted by atomic mass is 16.6. The Morgan fingerprint density at radius 2 is 1.13 bits per heavy atom. The van der Waals surface area contributed by atoms with E-state index >= 15 is 0 Å². The molecule has 0 unspecified atom stereocenters. The molecule has 0 saturated heterocycles. The van der Waals surface area contributed by atoms with Gasteiger partial charge < -0.3 is 60.2 Å². The number of phenolic OH excluding ortho intramolecular Hbond substituents is 7. The molecule has 0 bridgehead atoms. The van der Waals surface area contributed by atoms with Gasteiger partial charge in [0.25, 0.3) is 0 Å². The minimum Gasteiger partial charge on any atom is -0.504 e. The van der Waals surface area contributed by atoms with Gasteiger partial charge in [-0.15, -0.1) is 0 Å². The molecule has 4 aromatic carbocycles. The standard InChI is InChI=1S/C36H30O16/c37-20-6-1-16(11-24(20)41)13-27(34(45)46)50-29(44)10-5-18-3-9-23(40)33-30(18)31(32(52-33)19-4-8-22(39)26(43)15-19)36(49)51-28(35(47)48)14-17-2-7-21(38)25(42)12-17/h1-12,15,27-28,31-32,37-43H,13-14H2,(H,45,46)(H,47,48)/b10-5+/t27-,28+,31-,32+/m0/s1. The van der Waals surface area contributed by atoms with Crippen LogP contribution in [-0.4, -0.2) is 82.0 Å². The summed E-state index contributed by atoms with van der Waals surface area (Å²) >= 11 is 0. The number of phenols is 7. The largest absolute Gasteiger partial charge is 0.504 e. The average Bonchev–Trinajstić information content (AvgIpc) is 3.50. The molecule has 5 rings (SSSR count). The highest BCUT2D eigenvalue weighted by Crippen LogP contribution is 2.53. The molecule has 0 saturated carbocycles. The highest BCUT2D eigenvalue weighted by molar-refractivity contribution is 5.92. The molecule has 1 aliphatic heterocycles. The van der Waals surface area contributed by atoms with E-state index in [0.29, 0.717) is 0 Å². The second kappa shape index (κ2) is 14.8. The van der Waals surface area contributed by atoms with Gasteiger partial charge in [-0.3, -0.25) is 4.79 Å². The van der Waals surface area contributed by atoms with E-state index in [1.54, 1.807) is 0 Å². The average molecular weight is 719 g/mol. The number of carboxylic acid groups (broad SMARTS) is 2. The minimum atomic E-state index is -1.84. The van der Waals surface area contributed by atoms with E-state index < -0.39 is 94.8 Å². The second-order valence-corrected chi connectivity index (χ2v) is 11.6. The summed E-state index contributed by atoms with van der Waals surface area (Å²) in [6, 6.07) is 13.0. The molecule has 0 amide bonds. The molecule has 16 nitrogen and oxygen atoms in total. The van der Waals surface area contributed by atoms with Crippen molar-refractivity contribution in [3.63, 3.8) is 0 Å². The molecule has 0 spiro atoms. The summed E-state index contributed by atoms with van der Waals surface area (Å²) in [5, 5.41) is 89.1. The lowest BCUT2D eigenvalue weighted by molar-refractivity contribution is -0.166. The van der Waals surface area contributed by atoms with Crippen LogP contribution in [0.2, 0.25) is 0 Å². The van der Waals surface area contributed by atoms with Gasteiger partial charge >= 0.3 is 23.9 Å². The van der Waals surface area contributed by atoms with E-state index in [1.807, 2.05) is 0 Å². The molecule has 4 atom stereocenters. The summed E-state index contributed by atoms with van der Waals surface area (Å²) < 4.78 is 16.5. The molecule has 16 heteroatoms. The number of rotatable bonds is 12. The summed E-state index contributed by atoms with van der Waals surface area (Å²) in [4.78, 5) is 50.9. The Balaban J connectivity index is 1.47. The predicted octanol–water partition coefficient (Wildman–Crippen LogP) is 3.33. The summed E-state index contributed by atoms with van der Waals surface area (Å²) in [6.45, 7) is 0. The second-order valence-electron chi connectivity index (χ2n) is 11.6. The third kappa shape index (κ3) is 7.86. The number of aromatic hydroxyl groups is 7.